The van der Waals surface area contributed by atoms with Gasteiger partial charge in [0, 0.05) is 5.56 Å². The lowest BCUT2D eigenvalue weighted by molar-refractivity contribution is 0.412. The molecule has 18 heavy (non-hydrogen) atoms. The molecule has 2 aromatic rings. The third-order valence-electron chi connectivity index (χ3n) is 2.36. The van der Waals surface area contributed by atoms with Crippen molar-refractivity contribution in [1.82, 2.24) is 14.9 Å². The van der Waals surface area contributed by atoms with Crippen LogP contribution in [0.3, 0.4) is 0 Å². The number of H-pyrrole nitrogens is 1. The van der Waals surface area contributed by atoms with Gasteiger partial charge in [-0.1, -0.05) is 0 Å². The predicted molar refractivity (Wildman–Crippen MR) is 69.8 cm³/mol. The highest BCUT2D eigenvalue weighted by Crippen LogP contribution is 2.21. The van der Waals surface area contributed by atoms with Crippen molar-refractivity contribution in [3.63, 3.8) is 0 Å². The Morgan fingerprint density at radius 3 is 2.94 bits per heavy atom. The number of nitrogens with zero attached hydrogens (tertiary/aromatic N) is 3. The van der Waals surface area contributed by atoms with Gasteiger partial charge in [-0.3, -0.25) is 5.10 Å². The van der Waals surface area contributed by atoms with Gasteiger partial charge >= 0.3 is 0 Å². The maximum atomic E-state index is 9.69. The average molecular weight is 264 g/mol. The summed E-state index contributed by atoms with van der Waals surface area (Å²) in [5, 5.41) is 20.4. The molecule has 0 aliphatic carbocycles. The van der Waals surface area contributed by atoms with Crippen LogP contribution in [0.5, 0.6) is 11.5 Å². The number of hydrogen-bond donors (Lipinski definition) is 2. The lowest BCUT2D eigenvalue weighted by atomic mass is 10.2. The number of phenolic OH excluding ortho intramolecular Hbond substituents is 1. The molecule has 0 atom stereocenters. The van der Waals surface area contributed by atoms with Crippen LogP contribution in [0, 0.1) is 11.7 Å². The zero-order valence-corrected chi connectivity index (χ0v) is 10.7. The van der Waals surface area contributed by atoms with E-state index in [9.17, 15) is 5.11 Å². The van der Waals surface area contributed by atoms with Crippen molar-refractivity contribution in [1.29, 1.82) is 0 Å². The van der Waals surface area contributed by atoms with Crippen molar-refractivity contribution >= 4 is 18.4 Å². The van der Waals surface area contributed by atoms with Gasteiger partial charge in [-0.05, 0) is 37.3 Å². The molecule has 0 fully saturated rings. The molecule has 2 rings (SSSR count). The first-order valence-electron chi connectivity index (χ1n) is 5.17. The van der Waals surface area contributed by atoms with Crippen LogP contribution in [0.4, 0.5) is 0 Å². The number of methoxy groups -OCH3 is 1. The van der Waals surface area contributed by atoms with E-state index >= 15 is 0 Å². The van der Waals surface area contributed by atoms with Crippen molar-refractivity contribution in [3.8, 4) is 11.5 Å². The topological polar surface area (TPSA) is 75.4 Å². The molecule has 0 unspecified atom stereocenters. The molecule has 94 valence electrons. The quantitative estimate of drug-likeness (QED) is 0.655. The summed E-state index contributed by atoms with van der Waals surface area (Å²) < 4.78 is 6.94. The second-order valence-corrected chi connectivity index (χ2v) is 3.94. The van der Waals surface area contributed by atoms with Crippen molar-refractivity contribution in [2.75, 3.05) is 7.11 Å². The van der Waals surface area contributed by atoms with E-state index in [1.807, 2.05) is 0 Å². The number of aromatic hydroxyl groups is 1. The summed E-state index contributed by atoms with van der Waals surface area (Å²) in [6, 6.07) is 4.89. The van der Waals surface area contributed by atoms with E-state index in [0.29, 0.717) is 21.9 Å². The van der Waals surface area contributed by atoms with Crippen LogP contribution in [0.15, 0.2) is 23.3 Å². The first kappa shape index (κ1) is 12.3. The van der Waals surface area contributed by atoms with Gasteiger partial charge < -0.3 is 9.84 Å². The normalized spacial score (nSPS) is 11.0. The van der Waals surface area contributed by atoms with Crippen molar-refractivity contribution in [2.24, 2.45) is 5.10 Å². The second-order valence-electron chi connectivity index (χ2n) is 3.56. The summed E-state index contributed by atoms with van der Waals surface area (Å²) in [5.41, 5.74) is 0.539. The minimum atomic E-state index is 0.118. The van der Waals surface area contributed by atoms with Crippen LogP contribution in [0.1, 0.15) is 11.4 Å². The van der Waals surface area contributed by atoms with Crippen LogP contribution in [-0.2, 0) is 0 Å². The van der Waals surface area contributed by atoms with E-state index < -0.39 is 0 Å². The standard InChI is InChI=1S/C11H12N4O2S/c1-7-13-14-11(18)15(7)12-6-8-5-9(17-2)3-4-10(8)16/h3-6,16H,1-2H3,(H,14,18)/b12-6+. The Hall–Kier alpha value is -2.15. The number of nitrogens with one attached hydrogen (secondary N) is 1. The minimum absolute atomic E-state index is 0.118. The zero-order valence-electron chi connectivity index (χ0n) is 9.91. The molecule has 0 bridgehead atoms. The molecule has 0 aliphatic rings. The maximum Gasteiger partial charge on any atom is 0.216 e. The molecule has 0 aliphatic heterocycles. The molecule has 0 amide bonds. The lowest BCUT2D eigenvalue weighted by Gasteiger charge is -2.02. The first-order valence-corrected chi connectivity index (χ1v) is 5.58. The highest BCUT2D eigenvalue weighted by molar-refractivity contribution is 7.71. The molecule has 0 saturated carbocycles. The van der Waals surface area contributed by atoms with Crippen LogP contribution in [0.25, 0.3) is 0 Å². The van der Waals surface area contributed by atoms with Gasteiger partial charge in [-0.2, -0.15) is 14.9 Å². The van der Waals surface area contributed by atoms with E-state index in [-0.39, 0.29) is 5.75 Å². The summed E-state index contributed by atoms with van der Waals surface area (Å²) in [5.74, 6) is 1.40. The summed E-state index contributed by atoms with van der Waals surface area (Å²) >= 11 is 5.01. The van der Waals surface area contributed by atoms with Gasteiger partial charge in [-0.25, -0.2) is 0 Å². The number of benzene rings is 1. The lowest BCUT2D eigenvalue weighted by Crippen LogP contribution is -1.94. The predicted octanol–water partition coefficient (Wildman–Crippen LogP) is 1.85. The third kappa shape index (κ3) is 2.40. The van der Waals surface area contributed by atoms with Crippen molar-refractivity contribution in [3.05, 3.63) is 34.4 Å². The van der Waals surface area contributed by atoms with Crippen molar-refractivity contribution < 1.29 is 9.84 Å². The molecule has 1 heterocycles. The highest BCUT2D eigenvalue weighted by Gasteiger charge is 2.02. The number of aryl methyl sites for hydroxylation is 1. The minimum Gasteiger partial charge on any atom is -0.507 e. The number of phenols is 1. The number of hydrogen-bond acceptors (Lipinski definition) is 5. The Balaban J connectivity index is 2.37. The van der Waals surface area contributed by atoms with E-state index in [1.165, 1.54) is 10.9 Å². The van der Waals surface area contributed by atoms with Gasteiger partial charge in [0.2, 0.25) is 4.77 Å². The Bertz CT molecular complexity index is 645. The highest BCUT2D eigenvalue weighted by atomic mass is 32.1. The molecule has 2 N–H and O–H groups in total. The SMILES string of the molecule is COc1ccc(O)c(/C=N/n2c(C)n[nH]c2=S)c1. The molecular weight excluding hydrogens is 252 g/mol. The smallest absolute Gasteiger partial charge is 0.216 e. The second kappa shape index (κ2) is 5.01. The zero-order chi connectivity index (χ0) is 13.1. The molecular formula is C11H12N4O2S. The monoisotopic (exact) mass is 264 g/mol. The van der Waals surface area contributed by atoms with E-state index in [0.717, 1.165) is 0 Å². The molecule has 1 aromatic carbocycles. The van der Waals surface area contributed by atoms with Crippen LogP contribution < -0.4 is 4.74 Å². The molecule has 1 aromatic heterocycles. The molecule has 6 nitrogen and oxygen atoms in total. The number of aromatic nitrogens is 3. The van der Waals surface area contributed by atoms with Crippen molar-refractivity contribution in [2.45, 2.75) is 6.92 Å². The van der Waals surface area contributed by atoms with Gasteiger partial charge in [0.25, 0.3) is 0 Å². The van der Waals surface area contributed by atoms with Gasteiger partial charge in [-0.15, -0.1) is 0 Å². The number of ether oxygens (including phenoxy) is 1. The Labute approximate surface area is 109 Å². The fraction of sp³-hybridized carbons (Fsp3) is 0.182. The van der Waals surface area contributed by atoms with Crippen LogP contribution >= 0.6 is 12.2 Å². The summed E-state index contributed by atoms with van der Waals surface area (Å²) in [7, 11) is 1.56. The van der Waals surface area contributed by atoms with Crippen LogP contribution in [0.2, 0.25) is 0 Å². The summed E-state index contributed by atoms with van der Waals surface area (Å²) in [6.07, 6.45) is 1.50. The van der Waals surface area contributed by atoms with Crippen LogP contribution in [-0.4, -0.2) is 33.3 Å². The van der Waals surface area contributed by atoms with Gasteiger partial charge in [0.1, 0.15) is 17.3 Å². The Morgan fingerprint density at radius 2 is 2.33 bits per heavy atom. The maximum absolute atomic E-state index is 9.69. The van der Waals surface area contributed by atoms with E-state index in [1.54, 1.807) is 32.2 Å². The Kier molecular flexibility index (Phi) is 3.42. The molecule has 7 heteroatoms. The molecule has 0 radical (unpaired) electrons. The van der Waals surface area contributed by atoms with E-state index in [4.69, 9.17) is 17.0 Å². The van der Waals surface area contributed by atoms with E-state index in [2.05, 4.69) is 15.3 Å². The van der Waals surface area contributed by atoms with Gasteiger partial charge in [0.05, 0.1) is 13.3 Å². The Morgan fingerprint density at radius 1 is 1.56 bits per heavy atom. The largest absolute Gasteiger partial charge is 0.507 e. The fourth-order valence-corrected chi connectivity index (χ4v) is 1.61. The van der Waals surface area contributed by atoms with Gasteiger partial charge in [0.15, 0.2) is 0 Å². The first-order chi connectivity index (χ1) is 8.61. The number of aromatic amines is 1. The number of rotatable bonds is 3. The fourth-order valence-electron chi connectivity index (χ4n) is 1.39. The molecule has 0 spiro atoms. The third-order valence-corrected chi connectivity index (χ3v) is 2.62. The average Bonchev–Trinajstić information content (AvgIpc) is 2.68. The summed E-state index contributed by atoms with van der Waals surface area (Å²) in [4.78, 5) is 0. The summed E-state index contributed by atoms with van der Waals surface area (Å²) in [6.45, 7) is 1.77. The molecule has 0 saturated heterocycles.